The zero-order valence-electron chi connectivity index (χ0n) is 13.8. The average molecular weight is 373 g/mol. The number of benzene rings is 2. The largest absolute Gasteiger partial charge is 0.319 e. The highest BCUT2D eigenvalue weighted by Gasteiger charge is 2.18. The molecule has 0 unspecified atom stereocenters. The second-order valence-electron chi connectivity index (χ2n) is 6.37. The molecule has 0 radical (unpaired) electrons. The van der Waals surface area contributed by atoms with Crippen molar-refractivity contribution in [3.05, 3.63) is 69.9 Å². The minimum Gasteiger partial charge on any atom is -0.319 e. The Morgan fingerprint density at radius 3 is 2.73 bits per heavy atom. The lowest BCUT2D eigenvalue weighted by Gasteiger charge is -2.18. The van der Waals surface area contributed by atoms with E-state index in [-0.39, 0.29) is 5.69 Å². The van der Waals surface area contributed by atoms with Gasteiger partial charge in [0, 0.05) is 22.7 Å². The van der Waals surface area contributed by atoms with Gasteiger partial charge in [0.15, 0.2) is 0 Å². The summed E-state index contributed by atoms with van der Waals surface area (Å²) in [6.45, 7) is 0. The van der Waals surface area contributed by atoms with Gasteiger partial charge in [-0.15, -0.1) is 0 Å². The molecule has 0 fully saturated rings. The first-order valence-electron chi connectivity index (χ1n) is 8.40. The van der Waals surface area contributed by atoms with Gasteiger partial charge >= 0.3 is 0 Å². The van der Waals surface area contributed by atoms with E-state index in [1.807, 2.05) is 0 Å². The van der Waals surface area contributed by atoms with Crippen LogP contribution < -0.4 is 5.32 Å². The molecular weight excluding hydrogens is 358 g/mol. The molecular formula is C20H15ClF2N2O. The summed E-state index contributed by atoms with van der Waals surface area (Å²) >= 11 is 6.53. The third-order valence-electron chi connectivity index (χ3n) is 4.63. The molecule has 6 heteroatoms. The van der Waals surface area contributed by atoms with Gasteiger partial charge in [-0.25, -0.2) is 8.78 Å². The maximum atomic E-state index is 13.7. The van der Waals surface area contributed by atoms with Crippen molar-refractivity contribution in [3.63, 3.8) is 0 Å². The number of amides is 1. The summed E-state index contributed by atoms with van der Waals surface area (Å²) in [7, 11) is 0. The number of aryl methyl sites for hydroxylation is 1. The maximum Gasteiger partial charge on any atom is 0.255 e. The van der Waals surface area contributed by atoms with E-state index in [4.69, 9.17) is 11.6 Å². The molecule has 0 spiro atoms. The molecule has 0 atom stereocenters. The van der Waals surface area contributed by atoms with Crippen LogP contribution in [-0.2, 0) is 12.8 Å². The van der Waals surface area contributed by atoms with Gasteiger partial charge in [-0.05, 0) is 55.5 Å². The van der Waals surface area contributed by atoms with Crippen LogP contribution in [-0.4, -0.2) is 10.9 Å². The highest BCUT2D eigenvalue weighted by molar-refractivity contribution is 6.36. The van der Waals surface area contributed by atoms with Crippen LogP contribution in [0.15, 0.2) is 36.4 Å². The highest BCUT2D eigenvalue weighted by Crippen LogP contribution is 2.33. The van der Waals surface area contributed by atoms with Gasteiger partial charge in [-0.1, -0.05) is 17.7 Å². The number of hydrogen-bond acceptors (Lipinski definition) is 2. The number of aromatic nitrogens is 1. The summed E-state index contributed by atoms with van der Waals surface area (Å²) < 4.78 is 27.0. The molecule has 0 saturated carbocycles. The third kappa shape index (κ3) is 3.03. The average Bonchev–Trinajstić information content (AvgIpc) is 2.64. The fourth-order valence-corrected chi connectivity index (χ4v) is 3.66. The molecule has 1 aliphatic carbocycles. The molecule has 1 aromatic heterocycles. The molecule has 4 rings (SSSR count). The van der Waals surface area contributed by atoms with Crippen LogP contribution in [0.2, 0.25) is 5.02 Å². The van der Waals surface area contributed by atoms with Gasteiger partial charge < -0.3 is 5.32 Å². The van der Waals surface area contributed by atoms with Crippen molar-refractivity contribution in [1.82, 2.24) is 4.98 Å². The second kappa shape index (κ2) is 6.65. The molecule has 1 heterocycles. The first-order chi connectivity index (χ1) is 12.5. The van der Waals surface area contributed by atoms with Gasteiger partial charge in [0.05, 0.1) is 16.2 Å². The van der Waals surface area contributed by atoms with E-state index < -0.39 is 17.5 Å². The molecule has 3 aromatic rings. The fraction of sp³-hybridized carbons (Fsp3) is 0.200. The van der Waals surface area contributed by atoms with Gasteiger partial charge in [-0.2, -0.15) is 0 Å². The quantitative estimate of drug-likeness (QED) is 0.663. The predicted molar refractivity (Wildman–Crippen MR) is 97.7 cm³/mol. The highest BCUT2D eigenvalue weighted by atomic mass is 35.5. The normalized spacial score (nSPS) is 13.5. The Bertz CT molecular complexity index is 1040. The van der Waals surface area contributed by atoms with E-state index in [1.165, 1.54) is 0 Å². The van der Waals surface area contributed by atoms with Crippen LogP contribution >= 0.6 is 11.6 Å². The van der Waals surface area contributed by atoms with E-state index in [0.717, 1.165) is 60.5 Å². The van der Waals surface area contributed by atoms with E-state index in [1.54, 1.807) is 18.2 Å². The Hall–Kier alpha value is -2.53. The van der Waals surface area contributed by atoms with Crippen LogP contribution in [0, 0.1) is 11.6 Å². The lowest BCUT2D eigenvalue weighted by molar-refractivity contribution is 0.102. The van der Waals surface area contributed by atoms with E-state index in [9.17, 15) is 13.6 Å². The van der Waals surface area contributed by atoms with Crippen LogP contribution in [0.5, 0.6) is 0 Å². The van der Waals surface area contributed by atoms with E-state index >= 15 is 0 Å². The Morgan fingerprint density at radius 1 is 1.08 bits per heavy atom. The summed E-state index contributed by atoms with van der Waals surface area (Å²) in [5.74, 6) is -1.86. The number of anilines is 1. The van der Waals surface area contributed by atoms with Crippen LogP contribution in [0.3, 0.4) is 0 Å². The Morgan fingerprint density at radius 2 is 1.88 bits per heavy atom. The van der Waals surface area contributed by atoms with Gasteiger partial charge in [0.1, 0.15) is 11.6 Å². The number of nitrogens with zero attached hydrogens (tertiary/aromatic N) is 1. The number of rotatable bonds is 2. The summed E-state index contributed by atoms with van der Waals surface area (Å²) in [6, 6.07) is 7.89. The Balaban J connectivity index is 1.70. The summed E-state index contributed by atoms with van der Waals surface area (Å²) in [5.41, 5.74) is 2.79. The zero-order valence-corrected chi connectivity index (χ0v) is 14.5. The van der Waals surface area contributed by atoms with Crippen molar-refractivity contribution in [3.8, 4) is 0 Å². The van der Waals surface area contributed by atoms with Crippen molar-refractivity contribution in [2.75, 3.05) is 5.32 Å². The minimum absolute atomic E-state index is 0.202. The summed E-state index contributed by atoms with van der Waals surface area (Å²) in [5, 5.41) is 3.87. The molecule has 0 saturated heterocycles. The smallest absolute Gasteiger partial charge is 0.255 e. The summed E-state index contributed by atoms with van der Waals surface area (Å²) in [6.07, 6.45) is 3.95. The standard InChI is InChI=1S/C20H15ClF2N2O/c21-19-13-3-1-2-4-16(13)24-17-9-11(5-7-14(17)19)20(26)25-18-10-12(22)6-8-15(18)23/h5-10H,1-4H2,(H,25,26). The van der Waals surface area contributed by atoms with Crippen molar-refractivity contribution in [2.24, 2.45) is 0 Å². The Labute approximate surface area is 154 Å². The number of nitrogens with one attached hydrogen (secondary N) is 1. The molecule has 1 amide bonds. The molecule has 132 valence electrons. The number of pyridine rings is 1. The molecule has 2 aromatic carbocycles. The SMILES string of the molecule is O=C(Nc1cc(F)ccc1F)c1ccc2c(Cl)c3c(nc2c1)CCCC3. The van der Waals surface area contributed by atoms with Crippen LogP contribution in [0.1, 0.15) is 34.5 Å². The van der Waals surface area contributed by atoms with Crippen molar-refractivity contribution >= 4 is 34.1 Å². The van der Waals surface area contributed by atoms with E-state index in [2.05, 4.69) is 10.3 Å². The molecule has 3 nitrogen and oxygen atoms in total. The number of halogens is 3. The minimum atomic E-state index is -0.698. The number of fused-ring (bicyclic) bond motifs is 2. The number of carbonyl (C=O) groups excluding carboxylic acids is 1. The van der Waals surface area contributed by atoms with Crippen molar-refractivity contribution in [1.29, 1.82) is 0 Å². The van der Waals surface area contributed by atoms with Crippen LogP contribution in [0.4, 0.5) is 14.5 Å². The fourth-order valence-electron chi connectivity index (χ4n) is 3.30. The Kier molecular flexibility index (Phi) is 4.32. The topological polar surface area (TPSA) is 42.0 Å². The zero-order chi connectivity index (χ0) is 18.3. The molecule has 26 heavy (non-hydrogen) atoms. The van der Waals surface area contributed by atoms with Gasteiger partial charge in [0.2, 0.25) is 0 Å². The van der Waals surface area contributed by atoms with Gasteiger partial charge in [0.25, 0.3) is 5.91 Å². The first-order valence-corrected chi connectivity index (χ1v) is 8.78. The number of carbonyl (C=O) groups is 1. The number of hydrogen-bond donors (Lipinski definition) is 1. The molecule has 1 aliphatic rings. The lowest BCUT2D eigenvalue weighted by atomic mass is 9.94. The maximum absolute atomic E-state index is 13.7. The van der Waals surface area contributed by atoms with Gasteiger partial charge in [-0.3, -0.25) is 9.78 Å². The summed E-state index contributed by atoms with van der Waals surface area (Å²) in [4.78, 5) is 17.1. The monoisotopic (exact) mass is 372 g/mol. The first kappa shape index (κ1) is 16.9. The lowest BCUT2D eigenvalue weighted by Crippen LogP contribution is -2.13. The molecule has 0 aliphatic heterocycles. The predicted octanol–water partition coefficient (Wildman–Crippen LogP) is 5.30. The molecule has 0 bridgehead atoms. The second-order valence-corrected chi connectivity index (χ2v) is 6.75. The molecule has 1 N–H and O–H groups in total. The van der Waals surface area contributed by atoms with Crippen molar-refractivity contribution in [2.45, 2.75) is 25.7 Å². The third-order valence-corrected chi connectivity index (χ3v) is 5.06. The van der Waals surface area contributed by atoms with Crippen molar-refractivity contribution < 1.29 is 13.6 Å². The van der Waals surface area contributed by atoms with E-state index in [0.29, 0.717) is 16.1 Å². The van der Waals surface area contributed by atoms with Crippen LogP contribution in [0.25, 0.3) is 10.9 Å².